The highest BCUT2D eigenvalue weighted by Gasteiger charge is 2.12. The van der Waals surface area contributed by atoms with Gasteiger partial charge in [-0.15, -0.1) is 0 Å². The van der Waals surface area contributed by atoms with E-state index in [-0.39, 0.29) is 19.2 Å². The molecular formula is C20H29N3O3. The molecule has 2 atom stereocenters. The minimum absolute atomic E-state index is 0.0204. The maximum atomic E-state index is 10.1. The summed E-state index contributed by atoms with van der Waals surface area (Å²) in [6.07, 6.45) is -0.657. The molecule has 6 heteroatoms. The quantitative estimate of drug-likeness (QED) is 0.474. The maximum Gasteiger partial charge on any atom is 0.191 e. The van der Waals surface area contributed by atoms with E-state index in [1.165, 1.54) is 0 Å². The van der Waals surface area contributed by atoms with Gasteiger partial charge in [0.05, 0.1) is 31.9 Å². The van der Waals surface area contributed by atoms with Crippen LogP contribution in [0.4, 0.5) is 0 Å². The molecule has 0 aliphatic heterocycles. The third kappa shape index (κ3) is 6.90. The summed E-state index contributed by atoms with van der Waals surface area (Å²) in [5.74, 6) is 2.36. The minimum atomic E-state index is -0.657. The van der Waals surface area contributed by atoms with Crippen LogP contribution >= 0.6 is 0 Å². The summed E-state index contributed by atoms with van der Waals surface area (Å²) in [6.45, 7) is 7.63. The largest absolute Gasteiger partial charge is 0.464 e. The molecule has 0 radical (unpaired) electrons. The predicted octanol–water partition coefficient (Wildman–Crippen LogP) is 2.78. The van der Waals surface area contributed by atoms with Crippen LogP contribution < -0.4 is 10.6 Å². The zero-order chi connectivity index (χ0) is 18.8. The van der Waals surface area contributed by atoms with E-state index >= 15 is 0 Å². The van der Waals surface area contributed by atoms with Gasteiger partial charge in [-0.2, -0.15) is 0 Å². The Balaban J connectivity index is 1.79. The van der Waals surface area contributed by atoms with E-state index < -0.39 is 6.10 Å². The van der Waals surface area contributed by atoms with Crippen molar-refractivity contribution in [2.75, 3.05) is 19.7 Å². The first-order chi connectivity index (χ1) is 12.6. The predicted molar refractivity (Wildman–Crippen MR) is 103 cm³/mol. The Hall–Kier alpha value is -2.31. The number of aliphatic hydroxyl groups excluding tert-OH is 1. The lowest BCUT2D eigenvalue weighted by Crippen LogP contribution is -2.39. The number of hydrogen-bond donors (Lipinski definition) is 3. The van der Waals surface area contributed by atoms with Crippen molar-refractivity contribution in [3.8, 4) is 0 Å². The fourth-order valence-electron chi connectivity index (χ4n) is 2.42. The summed E-state index contributed by atoms with van der Waals surface area (Å²) < 4.78 is 11.2. The average molecular weight is 359 g/mol. The number of aliphatic imine (C=N–C) groups is 1. The summed E-state index contributed by atoms with van der Waals surface area (Å²) in [6, 6.07) is 13.8. The molecule has 1 heterocycles. The van der Waals surface area contributed by atoms with Gasteiger partial charge in [0, 0.05) is 6.54 Å². The van der Waals surface area contributed by atoms with E-state index in [0.29, 0.717) is 12.6 Å². The number of ether oxygens (including phenoxy) is 1. The average Bonchev–Trinajstić information content (AvgIpc) is 3.07. The van der Waals surface area contributed by atoms with Gasteiger partial charge in [-0.3, -0.25) is 4.99 Å². The standard InChI is InChI=1S/C20H29N3O3/c1-4-21-20(23-16(3)19-11-10-15(2)26-19)22-12-18(24)14-25-13-17-8-6-5-7-9-17/h5-11,16,18,24H,4,12-14H2,1-3H3,(H2,21,22,23). The molecule has 3 N–H and O–H groups in total. The van der Waals surface area contributed by atoms with Crippen LogP contribution in [0.2, 0.25) is 0 Å². The summed E-state index contributed by atoms with van der Waals surface area (Å²) in [4.78, 5) is 4.43. The summed E-state index contributed by atoms with van der Waals surface area (Å²) in [5, 5.41) is 16.5. The third-order valence-electron chi connectivity index (χ3n) is 3.77. The molecule has 26 heavy (non-hydrogen) atoms. The van der Waals surface area contributed by atoms with Crippen LogP contribution in [0.5, 0.6) is 0 Å². The van der Waals surface area contributed by atoms with Crippen LogP contribution in [0.3, 0.4) is 0 Å². The molecule has 0 aliphatic carbocycles. The molecule has 2 unspecified atom stereocenters. The highest BCUT2D eigenvalue weighted by Crippen LogP contribution is 2.15. The molecule has 1 aromatic heterocycles. The Bertz CT molecular complexity index is 670. The lowest BCUT2D eigenvalue weighted by Gasteiger charge is -2.17. The maximum absolute atomic E-state index is 10.1. The number of rotatable bonds is 9. The Morgan fingerprint density at radius 1 is 1.23 bits per heavy atom. The first kappa shape index (κ1) is 20.0. The molecule has 2 aromatic rings. The number of aliphatic hydroxyl groups is 1. The van der Waals surface area contributed by atoms with Crippen LogP contribution in [0.15, 0.2) is 51.9 Å². The van der Waals surface area contributed by atoms with Gasteiger partial charge >= 0.3 is 0 Å². The number of nitrogens with zero attached hydrogens (tertiary/aromatic N) is 1. The molecule has 1 aromatic carbocycles. The second-order valence-electron chi connectivity index (χ2n) is 6.19. The van der Waals surface area contributed by atoms with Crippen LogP contribution in [0.25, 0.3) is 0 Å². The fraction of sp³-hybridized carbons (Fsp3) is 0.450. The Morgan fingerprint density at radius 2 is 2.00 bits per heavy atom. The van der Waals surface area contributed by atoms with Gasteiger partial charge < -0.3 is 24.9 Å². The molecular weight excluding hydrogens is 330 g/mol. The van der Waals surface area contributed by atoms with Gasteiger partial charge in [-0.05, 0) is 38.5 Å². The van der Waals surface area contributed by atoms with E-state index in [2.05, 4.69) is 15.6 Å². The Labute approximate surface area is 155 Å². The molecule has 6 nitrogen and oxygen atoms in total. The zero-order valence-electron chi connectivity index (χ0n) is 15.7. The van der Waals surface area contributed by atoms with E-state index in [0.717, 1.165) is 23.6 Å². The van der Waals surface area contributed by atoms with Crippen molar-refractivity contribution in [3.05, 3.63) is 59.5 Å². The fourth-order valence-corrected chi connectivity index (χ4v) is 2.42. The molecule has 0 aliphatic rings. The zero-order valence-corrected chi connectivity index (χ0v) is 15.7. The molecule has 0 bridgehead atoms. The highest BCUT2D eigenvalue weighted by atomic mass is 16.5. The van der Waals surface area contributed by atoms with Crippen molar-refractivity contribution in [1.82, 2.24) is 10.6 Å². The third-order valence-corrected chi connectivity index (χ3v) is 3.77. The molecule has 0 saturated carbocycles. The first-order valence-electron chi connectivity index (χ1n) is 8.99. The normalized spacial score (nSPS) is 14.1. The van der Waals surface area contributed by atoms with Gasteiger partial charge in [0.1, 0.15) is 11.5 Å². The van der Waals surface area contributed by atoms with Crippen LogP contribution in [0, 0.1) is 6.92 Å². The lowest BCUT2D eigenvalue weighted by molar-refractivity contribution is 0.0331. The number of benzene rings is 1. The lowest BCUT2D eigenvalue weighted by atomic mass is 10.2. The molecule has 0 amide bonds. The van der Waals surface area contributed by atoms with E-state index in [1.807, 2.05) is 63.2 Å². The molecule has 142 valence electrons. The van der Waals surface area contributed by atoms with Crippen molar-refractivity contribution in [1.29, 1.82) is 0 Å². The van der Waals surface area contributed by atoms with Gasteiger partial charge in [0.2, 0.25) is 0 Å². The number of nitrogens with one attached hydrogen (secondary N) is 2. The van der Waals surface area contributed by atoms with Crippen molar-refractivity contribution >= 4 is 5.96 Å². The monoisotopic (exact) mass is 359 g/mol. The SMILES string of the molecule is CCNC(=NCC(O)COCc1ccccc1)NC(C)c1ccc(C)o1. The van der Waals surface area contributed by atoms with E-state index in [1.54, 1.807) is 0 Å². The Kier molecular flexibility index (Phi) is 8.18. The number of hydrogen-bond acceptors (Lipinski definition) is 4. The molecule has 0 spiro atoms. The van der Waals surface area contributed by atoms with E-state index in [9.17, 15) is 5.11 Å². The van der Waals surface area contributed by atoms with Gasteiger partial charge in [-0.1, -0.05) is 30.3 Å². The van der Waals surface area contributed by atoms with Crippen molar-refractivity contribution < 1.29 is 14.3 Å². The van der Waals surface area contributed by atoms with Gasteiger partial charge in [0.15, 0.2) is 5.96 Å². The van der Waals surface area contributed by atoms with Crippen LogP contribution in [-0.4, -0.2) is 36.9 Å². The van der Waals surface area contributed by atoms with E-state index in [4.69, 9.17) is 9.15 Å². The second kappa shape index (κ2) is 10.6. The van der Waals surface area contributed by atoms with Crippen molar-refractivity contribution in [3.63, 3.8) is 0 Å². The number of aryl methyl sites for hydroxylation is 1. The highest BCUT2D eigenvalue weighted by molar-refractivity contribution is 5.80. The molecule has 0 saturated heterocycles. The second-order valence-corrected chi connectivity index (χ2v) is 6.19. The number of furan rings is 1. The summed E-state index contributed by atoms with van der Waals surface area (Å²) in [7, 11) is 0. The van der Waals surface area contributed by atoms with Crippen LogP contribution in [0.1, 0.15) is 37.0 Å². The molecule has 0 fully saturated rings. The van der Waals surface area contributed by atoms with Crippen molar-refractivity contribution in [2.24, 2.45) is 4.99 Å². The smallest absolute Gasteiger partial charge is 0.191 e. The first-order valence-corrected chi connectivity index (χ1v) is 8.99. The van der Waals surface area contributed by atoms with Gasteiger partial charge in [-0.25, -0.2) is 0 Å². The summed E-state index contributed by atoms with van der Waals surface area (Å²) >= 11 is 0. The van der Waals surface area contributed by atoms with Gasteiger partial charge in [0.25, 0.3) is 0 Å². The Morgan fingerprint density at radius 3 is 2.65 bits per heavy atom. The summed E-state index contributed by atoms with van der Waals surface area (Å²) in [5.41, 5.74) is 1.08. The minimum Gasteiger partial charge on any atom is -0.464 e. The van der Waals surface area contributed by atoms with Crippen LogP contribution in [-0.2, 0) is 11.3 Å². The van der Waals surface area contributed by atoms with Crippen molar-refractivity contribution in [2.45, 2.75) is 39.5 Å². The molecule has 2 rings (SSSR count). The topological polar surface area (TPSA) is 79.0 Å². The number of guanidine groups is 1.